The van der Waals surface area contributed by atoms with Crippen LogP contribution in [0, 0.1) is 6.92 Å². The summed E-state index contributed by atoms with van der Waals surface area (Å²) in [5.74, 6) is -1.33. The number of fused-ring (bicyclic) bond motifs is 1. The summed E-state index contributed by atoms with van der Waals surface area (Å²) >= 11 is 0. The lowest BCUT2D eigenvalue weighted by Crippen LogP contribution is -2.48. The molecule has 2 heterocycles. The van der Waals surface area contributed by atoms with Crippen LogP contribution in [0.3, 0.4) is 0 Å². The smallest absolute Gasteiger partial charge is 0.326 e. The number of carbonyl (C=O) groups is 2. The summed E-state index contributed by atoms with van der Waals surface area (Å²) in [6, 6.07) is 11.9. The Morgan fingerprint density at radius 2 is 1.86 bits per heavy atom. The van der Waals surface area contributed by atoms with Crippen LogP contribution < -0.4 is 0 Å². The summed E-state index contributed by atoms with van der Waals surface area (Å²) in [7, 11) is 0. The van der Waals surface area contributed by atoms with E-state index in [0.29, 0.717) is 13.0 Å². The van der Waals surface area contributed by atoms with Crippen molar-refractivity contribution in [3.63, 3.8) is 0 Å². The Hall–Kier alpha value is -2.69. The van der Waals surface area contributed by atoms with Gasteiger partial charge in [0, 0.05) is 18.7 Å². The van der Waals surface area contributed by atoms with Crippen LogP contribution in [-0.2, 0) is 17.8 Å². The molecular formula is C17H16N2O3. The summed E-state index contributed by atoms with van der Waals surface area (Å²) in [6.45, 7) is 2.10. The molecule has 5 nitrogen and oxygen atoms in total. The van der Waals surface area contributed by atoms with Crippen molar-refractivity contribution in [2.24, 2.45) is 0 Å². The van der Waals surface area contributed by atoms with Crippen molar-refractivity contribution in [1.82, 2.24) is 9.88 Å². The van der Waals surface area contributed by atoms with Gasteiger partial charge in [0.25, 0.3) is 5.91 Å². The molecule has 0 saturated heterocycles. The minimum Gasteiger partial charge on any atom is -0.480 e. The molecule has 1 aromatic carbocycles. The van der Waals surface area contributed by atoms with Crippen molar-refractivity contribution < 1.29 is 14.7 Å². The first-order chi connectivity index (χ1) is 10.6. The Labute approximate surface area is 128 Å². The van der Waals surface area contributed by atoms with Crippen molar-refractivity contribution in [3.8, 4) is 0 Å². The van der Waals surface area contributed by atoms with Gasteiger partial charge in [-0.25, -0.2) is 9.78 Å². The van der Waals surface area contributed by atoms with E-state index in [4.69, 9.17) is 0 Å². The van der Waals surface area contributed by atoms with E-state index in [1.807, 2.05) is 24.3 Å². The predicted molar refractivity (Wildman–Crippen MR) is 80.4 cm³/mol. The highest BCUT2D eigenvalue weighted by Crippen LogP contribution is 2.24. The zero-order valence-electron chi connectivity index (χ0n) is 12.2. The van der Waals surface area contributed by atoms with Gasteiger partial charge in [0.1, 0.15) is 11.7 Å². The molecule has 1 amide bonds. The summed E-state index contributed by atoms with van der Waals surface area (Å²) < 4.78 is 0. The molecule has 22 heavy (non-hydrogen) atoms. The van der Waals surface area contributed by atoms with Gasteiger partial charge in [-0.3, -0.25) is 4.79 Å². The molecule has 1 aliphatic rings. The summed E-state index contributed by atoms with van der Waals surface area (Å²) in [4.78, 5) is 29.8. The number of amides is 1. The molecule has 0 bridgehead atoms. The maximum absolute atomic E-state index is 12.7. The number of hydrogen-bond donors (Lipinski definition) is 1. The minimum atomic E-state index is -0.990. The lowest BCUT2D eigenvalue weighted by molar-refractivity contribution is -0.142. The first-order valence-electron chi connectivity index (χ1n) is 7.10. The molecule has 0 fully saturated rings. The molecule has 5 heteroatoms. The first-order valence-corrected chi connectivity index (χ1v) is 7.10. The standard InChI is InChI=1S/C17H16N2O3/c1-11-5-4-8-14(18-11)16(20)19-10-13-7-3-2-6-12(13)9-15(19)17(21)22/h2-8,15H,9-10H2,1H3,(H,21,22)/t15-/m1/s1. The number of carbonyl (C=O) groups excluding carboxylic acids is 1. The van der Waals surface area contributed by atoms with Crippen LogP contribution >= 0.6 is 0 Å². The molecule has 1 atom stereocenters. The minimum absolute atomic E-state index is 0.283. The van der Waals surface area contributed by atoms with E-state index in [-0.39, 0.29) is 11.6 Å². The van der Waals surface area contributed by atoms with E-state index in [9.17, 15) is 14.7 Å². The molecule has 3 rings (SSSR count). The van der Waals surface area contributed by atoms with Crippen LogP contribution in [0.1, 0.15) is 27.3 Å². The van der Waals surface area contributed by atoms with Crippen molar-refractivity contribution >= 4 is 11.9 Å². The molecule has 1 aliphatic heterocycles. The third-order valence-electron chi connectivity index (χ3n) is 3.90. The molecule has 0 spiro atoms. The lowest BCUT2D eigenvalue weighted by atomic mass is 9.93. The summed E-state index contributed by atoms with van der Waals surface area (Å²) in [5.41, 5.74) is 2.98. The number of rotatable bonds is 2. The highest BCUT2D eigenvalue weighted by atomic mass is 16.4. The first kappa shape index (κ1) is 14.3. The molecule has 0 aliphatic carbocycles. The van der Waals surface area contributed by atoms with E-state index in [1.54, 1.807) is 25.1 Å². The summed E-state index contributed by atoms with van der Waals surface area (Å²) in [5, 5.41) is 9.47. The third-order valence-corrected chi connectivity index (χ3v) is 3.90. The fraction of sp³-hybridized carbons (Fsp3) is 0.235. The fourth-order valence-corrected chi connectivity index (χ4v) is 2.77. The van der Waals surface area contributed by atoms with E-state index in [2.05, 4.69) is 4.98 Å². The lowest BCUT2D eigenvalue weighted by Gasteiger charge is -2.34. The maximum Gasteiger partial charge on any atom is 0.326 e. The molecule has 1 N–H and O–H groups in total. The van der Waals surface area contributed by atoms with Gasteiger partial charge >= 0.3 is 5.97 Å². The number of aliphatic carboxylic acids is 1. The van der Waals surface area contributed by atoms with Crippen LogP contribution in [-0.4, -0.2) is 32.9 Å². The molecule has 112 valence electrons. The Balaban J connectivity index is 1.97. The van der Waals surface area contributed by atoms with Gasteiger partial charge in [-0.2, -0.15) is 0 Å². The number of carboxylic acid groups (broad SMARTS) is 1. The Morgan fingerprint density at radius 3 is 2.55 bits per heavy atom. The summed E-state index contributed by atoms with van der Waals surface area (Å²) in [6.07, 6.45) is 0.322. The monoisotopic (exact) mass is 296 g/mol. The van der Waals surface area contributed by atoms with Crippen LogP contribution in [0.4, 0.5) is 0 Å². The molecule has 1 aromatic heterocycles. The van der Waals surface area contributed by atoms with Gasteiger partial charge in [0.05, 0.1) is 0 Å². The number of carboxylic acids is 1. The highest BCUT2D eigenvalue weighted by Gasteiger charge is 2.35. The highest BCUT2D eigenvalue weighted by molar-refractivity contribution is 5.95. The zero-order chi connectivity index (χ0) is 15.7. The van der Waals surface area contributed by atoms with Gasteiger partial charge in [-0.1, -0.05) is 30.3 Å². The normalized spacial score (nSPS) is 17.0. The average molecular weight is 296 g/mol. The average Bonchev–Trinajstić information content (AvgIpc) is 2.52. The second-order valence-electron chi connectivity index (χ2n) is 5.42. The molecule has 0 unspecified atom stereocenters. The topological polar surface area (TPSA) is 70.5 Å². The van der Waals surface area contributed by atoms with E-state index in [0.717, 1.165) is 16.8 Å². The van der Waals surface area contributed by atoms with Crippen molar-refractivity contribution in [3.05, 3.63) is 65.0 Å². The number of nitrogens with zero attached hydrogens (tertiary/aromatic N) is 2. The number of aryl methyl sites for hydroxylation is 1. The number of aromatic nitrogens is 1. The van der Waals surface area contributed by atoms with Crippen LogP contribution in [0.25, 0.3) is 0 Å². The Bertz CT molecular complexity index is 742. The van der Waals surface area contributed by atoms with Crippen molar-refractivity contribution in [2.75, 3.05) is 0 Å². The fourth-order valence-electron chi connectivity index (χ4n) is 2.77. The predicted octanol–water partition coefficient (Wildman–Crippen LogP) is 2.04. The number of benzene rings is 1. The van der Waals surface area contributed by atoms with E-state index < -0.39 is 12.0 Å². The van der Waals surface area contributed by atoms with Crippen LogP contribution in [0.2, 0.25) is 0 Å². The molecular weight excluding hydrogens is 280 g/mol. The van der Waals surface area contributed by atoms with E-state index >= 15 is 0 Å². The molecule has 0 saturated carbocycles. The van der Waals surface area contributed by atoms with E-state index in [1.165, 1.54) is 4.90 Å². The second kappa shape index (κ2) is 5.60. The maximum atomic E-state index is 12.7. The van der Waals surface area contributed by atoms with Crippen molar-refractivity contribution in [1.29, 1.82) is 0 Å². The molecule has 2 aromatic rings. The number of hydrogen-bond acceptors (Lipinski definition) is 3. The van der Waals surface area contributed by atoms with Gasteiger partial charge < -0.3 is 10.0 Å². The van der Waals surface area contributed by atoms with Crippen LogP contribution in [0.15, 0.2) is 42.5 Å². The van der Waals surface area contributed by atoms with Gasteiger partial charge in [0.2, 0.25) is 0 Å². The largest absolute Gasteiger partial charge is 0.480 e. The molecule has 0 radical (unpaired) electrons. The Kier molecular flexibility index (Phi) is 3.63. The Morgan fingerprint density at radius 1 is 1.14 bits per heavy atom. The quantitative estimate of drug-likeness (QED) is 0.920. The SMILES string of the molecule is Cc1cccc(C(=O)N2Cc3ccccc3C[C@@H]2C(=O)O)n1. The van der Waals surface area contributed by atoms with Gasteiger partial charge in [0.15, 0.2) is 0 Å². The second-order valence-corrected chi connectivity index (χ2v) is 5.42. The van der Waals surface area contributed by atoms with Gasteiger partial charge in [-0.15, -0.1) is 0 Å². The zero-order valence-corrected chi connectivity index (χ0v) is 12.2. The van der Waals surface area contributed by atoms with Crippen molar-refractivity contribution in [2.45, 2.75) is 25.9 Å². The number of pyridine rings is 1. The third kappa shape index (κ3) is 2.57. The van der Waals surface area contributed by atoms with Gasteiger partial charge in [-0.05, 0) is 30.2 Å². The van der Waals surface area contributed by atoms with Crippen LogP contribution in [0.5, 0.6) is 0 Å².